The molecule has 1 aromatic carbocycles. The van der Waals surface area contributed by atoms with Crippen LogP contribution in [0.15, 0.2) is 41.8 Å². The molecule has 8 heteroatoms. The zero-order valence-electron chi connectivity index (χ0n) is 15.9. The molecule has 2 heterocycles. The summed E-state index contributed by atoms with van der Waals surface area (Å²) in [5.74, 6) is -0.281. The summed E-state index contributed by atoms with van der Waals surface area (Å²) in [5, 5.41) is 7.83. The van der Waals surface area contributed by atoms with E-state index in [2.05, 4.69) is 33.4 Å². The van der Waals surface area contributed by atoms with Crippen LogP contribution in [0.4, 0.5) is 4.79 Å². The molecule has 0 aliphatic carbocycles. The predicted octanol–water partition coefficient (Wildman–Crippen LogP) is 3.11. The molecule has 0 saturated carbocycles. The molecule has 0 spiro atoms. The van der Waals surface area contributed by atoms with E-state index in [1.807, 2.05) is 35.7 Å². The highest BCUT2D eigenvalue weighted by Crippen LogP contribution is 2.27. The van der Waals surface area contributed by atoms with Crippen LogP contribution in [0.5, 0.6) is 0 Å². The van der Waals surface area contributed by atoms with Gasteiger partial charge in [0.1, 0.15) is 0 Å². The van der Waals surface area contributed by atoms with Gasteiger partial charge in [0, 0.05) is 42.1 Å². The maximum Gasteiger partial charge on any atom is 0.321 e. The molecule has 3 amide bonds. The van der Waals surface area contributed by atoms with E-state index in [9.17, 15) is 9.59 Å². The molecular weight excluding hydrogens is 396 g/mol. The quantitative estimate of drug-likeness (QED) is 0.753. The van der Waals surface area contributed by atoms with Gasteiger partial charge in [-0.1, -0.05) is 35.9 Å². The second-order valence-electron chi connectivity index (χ2n) is 6.82. The molecule has 3 rings (SSSR count). The topological polar surface area (TPSA) is 64.7 Å². The summed E-state index contributed by atoms with van der Waals surface area (Å²) in [4.78, 5) is 29.4. The Morgan fingerprint density at radius 2 is 1.89 bits per heavy atom. The van der Waals surface area contributed by atoms with Crippen molar-refractivity contribution in [3.8, 4) is 0 Å². The average Bonchev–Trinajstić information content (AvgIpc) is 3.20. The number of hydrogen-bond acceptors (Lipinski definition) is 5. The maximum atomic E-state index is 12.1. The third-order valence-electron chi connectivity index (χ3n) is 4.93. The van der Waals surface area contributed by atoms with E-state index in [4.69, 9.17) is 11.6 Å². The lowest BCUT2D eigenvalue weighted by Crippen LogP contribution is -2.51. The molecule has 2 aromatic rings. The highest BCUT2D eigenvalue weighted by atomic mass is 35.5. The second-order valence-corrected chi connectivity index (χ2v) is 8.26. The van der Waals surface area contributed by atoms with Crippen LogP contribution in [0.1, 0.15) is 23.4 Å². The monoisotopic (exact) mass is 420 g/mol. The first-order valence-corrected chi connectivity index (χ1v) is 10.6. The van der Waals surface area contributed by atoms with E-state index in [0.29, 0.717) is 6.54 Å². The van der Waals surface area contributed by atoms with Crippen LogP contribution < -0.4 is 10.6 Å². The fourth-order valence-electron chi connectivity index (χ4n) is 3.31. The van der Waals surface area contributed by atoms with Crippen molar-refractivity contribution in [2.45, 2.75) is 19.5 Å². The van der Waals surface area contributed by atoms with Crippen LogP contribution in [0.25, 0.3) is 0 Å². The van der Waals surface area contributed by atoms with Crippen LogP contribution in [-0.4, -0.2) is 54.5 Å². The average molecular weight is 421 g/mol. The summed E-state index contributed by atoms with van der Waals surface area (Å²) in [5.41, 5.74) is 1.12. The fraction of sp³-hybridized carbons (Fsp3) is 0.400. The molecule has 6 nitrogen and oxygen atoms in total. The number of carbonyl (C=O) groups excluding carboxylic acids is 2. The van der Waals surface area contributed by atoms with Crippen molar-refractivity contribution >= 4 is 34.9 Å². The highest BCUT2D eigenvalue weighted by molar-refractivity contribution is 7.09. The van der Waals surface area contributed by atoms with Crippen molar-refractivity contribution in [3.05, 3.63) is 57.2 Å². The van der Waals surface area contributed by atoms with Crippen molar-refractivity contribution in [1.82, 2.24) is 20.4 Å². The zero-order valence-corrected chi connectivity index (χ0v) is 17.4. The van der Waals surface area contributed by atoms with Gasteiger partial charge < -0.3 is 5.32 Å². The van der Waals surface area contributed by atoms with Crippen molar-refractivity contribution in [1.29, 1.82) is 0 Å². The molecule has 28 heavy (non-hydrogen) atoms. The summed E-state index contributed by atoms with van der Waals surface area (Å²) in [6.07, 6.45) is 0. The Morgan fingerprint density at radius 1 is 1.14 bits per heavy atom. The molecule has 1 atom stereocenters. The van der Waals surface area contributed by atoms with Gasteiger partial charge in [-0.2, -0.15) is 0 Å². The molecule has 150 valence electrons. The lowest BCUT2D eigenvalue weighted by molar-refractivity contribution is -0.121. The standard InChI is InChI=1S/C20H25ClN4O2S/c1-15(17-6-2-3-7-18(17)21)25-10-8-24(9-11-25)14-19(26)23-20(27)22-13-16-5-4-12-28-16/h2-7,12,15H,8-11,13-14H2,1H3,(H2,22,23,26,27). The Morgan fingerprint density at radius 3 is 2.57 bits per heavy atom. The summed E-state index contributed by atoms with van der Waals surface area (Å²) < 4.78 is 0. The molecule has 1 fully saturated rings. The smallest absolute Gasteiger partial charge is 0.321 e. The van der Waals surface area contributed by atoms with Crippen LogP contribution in [-0.2, 0) is 11.3 Å². The number of halogens is 1. The predicted molar refractivity (Wildman–Crippen MR) is 113 cm³/mol. The van der Waals surface area contributed by atoms with Crippen LogP contribution in [0.3, 0.4) is 0 Å². The third kappa shape index (κ3) is 5.78. The molecule has 1 aromatic heterocycles. The maximum absolute atomic E-state index is 12.1. The number of amides is 3. The van der Waals surface area contributed by atoms with E-state index >= 15 is 0 Å². The first kappa shape index (κ1) is 20.8. The van der Waals surface area contributed by atoms with E-state index < -0.39 is 6.03 Å². The summed E-state index contributed by atoms with van der Waals surface area (Å²) in [6.45, 7) is 6.06. The highest BCUT2D eigenvalue weighted by Gasteiger charge is 2.24. The van der Waals surface area contributed by atoms with E-state index in [1.54, 1.807) is 11.3 Å². The zero-order chi connectivity index (χ0) is 19.9. The van der Waals surface area contributed by atoms with E-state index in [0.717, 1.165) is 41.6 Å². The number of urea groups is 1. The number of thiophene rings is 1. The lowest BCUT2D eigenvalue weighted by atomic mass is 10.1. The van der Waals surface area contributed by atoms with Crippen LogP contribution in [0.2, 0.25) is 5.02 Å². The molecule has 1 unspecified atom stereocenters. The number of hydrogen-bond donors (Lipinski definition) is 2. The molecule has 1 aliphatic heterocycles. The van der Waals surface area contributed by atoms with Gasteiger partial charge in [-0.3, -0.25) is 19.9 Å². The van der Waals surface area contributed by atoms with Crippen LogP contribution >= 0.6 is 22.9 Å². The summed E-state index contributed by atoms with van der Waals surface area (Å²) in [7, 11) is 0. The SMILES string of the molecule is CC(c1ccccc1Cl)N1CCN(CC(=O)NC(=O)NCc2cccs2)CC1. The number of benzene rings is 1. The fourth-order valence-corrected chi connectivity index (χ4v) is 4.25. The minimum absolute atomic E-state index is 0.223. The molecule has 2 N–H and O–H groups in total. The Bertz CT molecular complexity index is 791. The molecule has 0 radical (unpaired) electrons. The van der Waals surface area contributed by atoms with E-state index in [-0.39, 0.29) is 18.5 Å². The van der Waals surface area contributed by atoms with Gasteiger partial charge in [0.15, 0.2) is 0 Å². The first-order chi connectivity index (χ1) is 13.5. The van der Waals surface area contributed by atoms with Gasteiger partial charge in [-0.15, -0.1) is 11.3 Å². The Hall–Kier alpha value is -1.93. The van der Waals surface area contributed by atoms with Crippen molar-refractivity contribution in [3.63, 3.8) is 0 Å². The number of rotatable bonds is 6. The summed E-state index contributed by atoms with van der Waals surface area (Å²) in [6, 6.07) is 11.6. The normalized spacial score (nSPS) is 16.5. The largest absolute Gasteiger partial charge is 0.333 e. The number of piperazine rings is 1. The van der Waals surface area contributed by atoms with Crippen molar-refractivity contribution in [2.24, 2.45) is 0 Å². The molecule has 1 aliphatic rings. The van der Waals surface area contributed by atoms with Gasteiger partial charge in [0.2, 0.25) is 5.91 Å². The van der Waals surface area contributed by atoms with Crippen LogP contribution in [0, 0.1) is 0 Å². The number of nitrogens with zero attached hydrogens (tertiary/aromatic N) is 2. The number of nitrogens with one attached hydrogen (secondary N) is 2. The lowest BCUT2D eigenvalue weighted by Gasteiger charge is -2.38. The Kier molecular flexibility index (Phi) is 7.44. The van der Waals surface area contributed by atoms with Crippen molar-refractivity contribution in [2.75, 3.05) is 32.7 Å². The van der Waals surface area contributed by atoms with E-state index in [1.165, 1.54) is 0 Å². The Labute approximate surface area is 174 Å². The van der Waals surface area contributed by atoms with Gasteiger partial charge in [0.25, 0.3) is 0 Å². The Balaban J connectivity index is 1.39. The number of carbonyl (C=O) groups is 2. The van der Waals surface area contributed by atoms with Gasteiger partial charge in [0.05, 0.1) is 13.1 Å². The second kappa shape index (κ2) is 10.0. The van der Waals surface area contributed by atoms with Gasteiger partial charge in [-0.25, -0.2) is 4.79 Å². The first-order valence-electron chi connectivity index (χ1n) is 9.34. The third-order valence-corrected chi connectivity index (χ3v) is 6.15. The molecular formula is C20H25ClN4O2S. The number of imide groups is 1. The molecule has 0 bridgehead atoms. The minimum Gasteiger partial charge on any atom is -0.333 e. The minimum atomic E-state index is -0.454. The van der Waals surface area contributed by atoms with Gasteiger partial charge in [-0.05, 0) is 30.0 Å². The van der Waals surface area contributed by atoms with Crippen molar-refractivity contribution < 1.29 is 9.59 Å². The summed E-state index contributed by atoms with van der Waals surface area (Å²) >= 11 is 7.88. The van der Waals surface area contributed by atoms with Gasteiger partial charge >= 0.3 is 6.03 Å². The molecule has 1 saturated heterocycles.